The second kappa shape index (κ2) is 7.08. The Balaban J connectivity index is 1.53. The van der Waals surface area contributed by atoms with Crippen LogP contribution in [0.4, 0.5) is 10.1 Å². The fraction of sp³-hybridized carbons (Fsp3) is 0.0417. The van der Waals surface area contributed by atoms with Gasteiger partial charge in [0.15, 0.2) is 0 Å². The van der Waals surface area contributed by atoms with Crippen LogP contribution in [0, 0.1) is 12.7 Å². The zero-order chi connectivity index (χ0) is 20.7. The average Bonchev–Trinajstić information content (AvgIpc) is 3.13. The third-order valence-corrected chi connectivity index (χ3v) is 5.17. The zero-order valence-corrected chi connectivity index (χ0v) is 16.1. The van der Waals surface area contributed by atoms with E-state index in [0.29, 0.717) is 5.69 Å². The molecule has 0 radical (unpaired) electrons. The first kappa shape index (κ1) is 18.0. The Morgan fingerprint density at radius 1 is 1.03 bits per heavy atom. The van der Waals surface area contributed by atoms with Crippen LogP contribution in [0.3, 0.4) is 0 Å². The molecule has 0 saturated heterocycles. The number of hydrogen-bond acceptors (Lipinski definition) is 3. The maximum absolute atomic E-state index is 13.4. The lowest BCUT2D eigenvalue weighted by atomic mass is 9.98. The molecule has 0 spiro atoms. The van der Waals surface area contributed by atoms with Crippen molar-refractivity contribution in [2.75, 3.05) is 5.32 Å². The Morgan fingerprint density at radius 2 is 1.93 bits per heavy atom. The predicted octanol–water partition coefficient (Wildman–Crippen LogP) is 5.48. The Kier molecular flexibility index (Phi) is 4.25. The largest absolute Gasteiger partial charge is 0.339 e. The van der Waals surface area contributed by atoms with E-state index in [1.165, 1.54) is 24.5 Å². The van der Waals surface area contributed by atoms with E-state index in [4.69, 9.17) is 0 Å². The van der Waals surface area contributed by atoms with Crippen molar-refractivity contribution in [3.8, 4) is 11.1 Å². The van der Waals surface area contributed by atoms with Gasteiger partial charge in [0.25, 0.3) is 5.91 Å². The normalized spacial score (nSPS) is 11.1. The standard InChI is InChI=1S/C24H17FN4O/c1-14-5-7-18(28-24(30)16-3-2-4-17(25)9-16)11-19(14)15-6-8-22-20(10-15)21-12-26-13-27-23(21)29-22/h2-13H,1H3,(H,28,30)(H,26,27,29). The lowest BCUT2D eigenvalue weighted by Crippen LogP contribution is -2.12. The minimum absolute atomic E-state index is 0.275. The molecule has 0 saturated carbocycles. The first-order chi connectivity index (χ1) is 14.6. The molecule has 0 fully saturated rings. The van der Waals surface area contributed by atoms with Crippen LogP contribution >= 0.6 is 0 Å². The maximum Gasteiger partial charge on any atom is 0.255 e. The fourth-order valence-corrected chi connectivity index (χ4v) is 3.64. The number of carbonyl (C=O) groups excluding carboxylic acids is 1. The van der Waals surface area contributed by atoms with E-state index in [-0.39, 0.29) is 11.5 Å². The summed E-state index contributed by atoms with van der Waals surface area (Å²) in [6.45, 7) is 2.02. The molecule has 5 rings (SSSR count). The Morgan fingerprint density at radius 3 is 2.80 bits per heavy atom. The highest BCUT2D eigenvalue weighted by Crippen LogP contribution is 2.32. The molecule has 0 bridgehead atoms. The van der Waals surface area contributed by atoms with Gasteiger partial charge in [-0.25, -0.2) is 14.4 Å². The number of hydrogen-bond donors (Lipinski definition) is 2. The first-order valence-electron chi connectivity index (χ1n) is 9.48. The predicted molar refractivity (Wildman–Crippen MR) is 116 cm³/mol. The molecule has 30 heavy (non-hydrogen) atoms. The van der Waals surface area contributed by atoms with Crippen molar-refractivity contribution in [3.05, 3.63) is 90.1 Å². The second-order valence-electron chi connectivity index (χ2n) is 7.16. The van der Waals surface area contributed by atoms with Gasteiger partial charge in [-0.05, 0) is 66.1 Å². The monoisotopic (exact) mass is 396 g/mol. The lowest BCUT2D eigenvalue weighted by molar-refractivity contribution is 0.102. The number of nitrogens with zero attached hydrogens (tertiary/aromatic N) is 2. The van der Waals surface area contributed by atoms with Gasteiger partial charge in [-0.3, -0.25) is 4.79 Å². The van der Waals surface area contributed by atoms with Gasteiger partial charge in [0, 0.05) is 33.7 Å². The van der Waals surface area contributed by atoms with Crippen molar-refractivity contribution in [2.45, 2.75) is 6.92 Å². The summed E-state index contributed by atoms with van der Waals surface area (Å²) in [6.07, 6.45) is 3.32. The molecule has 2 heterocycles. The molecule has 5 aromatic rings. The van der Waals surface area contributed by atoms with E-state index < -0.39 is 5.82 Å². The molecule has 2 N–H and O–H groups in total. The number of H-pyrrole nitrogens is 1. The van der Waals surface area contributed by atoms with Gasteiger partial charge >= 0.3 is 0 Å². The minimum Gasteiger partial charge on any atom is -0.339 e. The topological polar surface area (TPSA) is 70.7 Å². The van der Waals surface area contributed by atoms with Crippen LogP contribution < -0.4 is 5.32 Å². The molecule has 0 unspecified atom stereocenters. The maximum atomic E-state index is 13.4. The Bertz CT molecular complexity index is 1420. The summed E-state index contributed by atoms with van der Waals surface area (Å²) in [7, 11) is 0. The highest BCUT2D eigenvalue weighted by molar-refractivity contribution is 6.07. The van der Waals surface area contributed by atoms with Gasteiger partial charge in [0.05, 0.1) is 0 Å². The summed E-state index contributed by atoms with van der Waals surface area (Å²) in [5.41, 5.74) is 5.80. The molecule has 6 heteroatoms. The van der Waals surface area contributed by atoms with Crippen LogP contribution in [0.5, 0.6) is 0 Å². The fourth-order valence-electron chi connectivity index (χ4n) is 3.64. The number of rotatable bonds is 3. The molecule has 0 atom stereocenters. The van der Waals surface area contributed by atoms with E-state index in [0.717, 1.165) is 38.6 Å². The highest BCUT2D eigenvalue weighted by atomic mass is 19.1. The molecular formula is C24H17FN4O. The average molecular weight is 396 g/mol. The molecule has 1 amide bonds. The van der Waals surface area contributed by atoms with E-state index in [1.54, 1.807) is 12.3 Å². The Labute approximate surface area is 171 Å². The molecular weight excluding hydrogens is 379 g/mol. The number of aryl methyl sites for hydroxylation is 1. The van der Waals surface area contributed by atoms with Crippen LogP contribution in [-0.4, -0.2) is 20.9 Å². The van der Waals surface area contributed by atoms with Crippen molar-refractivity contribution in [3.63, 3.8) is 0 Å². The van der Waals surface area contributed by atoms with Gasteiger partial charge in [-0.15, -0.1) is 0 Å². The molecule has 0 aliphatic heterocycles. The molecule has 5 nitrogen and oxygen atoms in total. The summed E-state index contributed by atoms with van der Waals surface area (Å²) >= 11 is 0. The van der Waals surface area contributed by atoms with Crippen molar-refractivity contribution >= 4 is 33.5 Å². The number of carbonyl (C=O) groups is 1. The van der Waals surface area contributed by atoms with Crippen molar-refractivity contribution in [1.82, 2.24) is 15.0 Å². The number of aromatic amines is 1. The van der Waals surface area contributed by atoms with Crippen LogP contribution in [0.1, 0.15) is 15.9 Å². The third-order valence-electron chi connectivity index (χ3n) is 5.17. The van der Waals surface area contributed by atoms with Crippen LogP contribution in [0.2, 0.25) is 0 Å². The summed E-state index contributed by atoms with van der Waals surface area (Å²) < 4.78 is 13.4. The molecule has 0 aliphatic rings. The van der Waals surface area contributed by atoms with Gasteiger partial charge in [0.1, 0.15) is 17.8 Å². The van der Waals surface area contributed by atoms with Gasteiger partial charge in [-0.1, -0.05) is 18.2 Å². The SMILES string of the molecule is Cc1ccc(NC(=O)c2cccc(F)c2)cc1-c1ccc2[nH]c3ncncc3c2c1. The number of aromatic nitrogens is 3. The molecule has 2 aromatic heterocycles. The van der Waals surface area contributed by atoms with Crippen LogP contribution in [-0.2, 0) is 0 Å². The zero-order valence-electron chi connectivity index (χ0n) is 16.1. The van der Waals surface area contributed by atoms with E-state index in [1.807, 2.05) is 37.3 Å². The number of nitrogens with one attached hydrogen (secondary N) is 2. The lowest BCUT2D eigenvalue weighted by Gasteiger charge is -2.11. The first-order valence-corrected chi connectivity index (χ1v) is 9.48. The number of amides is 1. The van der Waals surface area contributed by atoms with E-state index in [9.17, 15) is 9.18 Å². The number of benzene rings is 3. The molecule has 146 valence electrons. The summed E-state index contributed by atoms with van der Waals surface area (Å²) in [5, 5.41) is 4.85. The van der Waals surface area contributed by atoms with Crippen LogP contribution in [0.15, 0.2) is 73.2 Å². The third kappa shape index (κ3) is 3.18. The molecule has 3 aromatic carbocycles. The highest BCUT2D eigenvalue weighted by Gasteiger charge is 2.11. The summed E-state index contributed by atoms with van der Waals surface area (Å²) in [4.78, 5) is 24.2. The van der Waals surface area contributed by atoms with Crippen LogP contribution in [0.25, 0.3) is 33.1 Å². The van der Waals surface area contributed by atoms with E-state index >= 15 is 0 Å². The van der Waals surface area contributed by atoms with Crippen molar-refractivity contribution in [2.24, 2.45) is 0 Å². The van der Waals surface area contributed by atoms with Gasteiger partial charge in [-0.2, -0.15) is 0 Å². The minimum atomic E-state index is -0.441. The van der Waals surface area contributed by atoms with Gasteiger partial charge in [0.2, 0.25) is 0 Å². The number of halogens is 1. The Hall–Kier alpha value is -4.06. The quantitative estimate of drug-likeness (QED) is 0.424. The van der Waals surface area contributed by atoms with E-state index in [2.05, 4.69) is 26.3 Å². The van der Waals surface area contributed by atoms with Gasteiger partial charge < -0.3 is 10.3 Å². The van der Waals surface area contributed by atoms with Crippen molar-refractivity contribution in [1.29, 1.82) is 0 Å². The van der Waals surface area contributed by atoms with Crippen molar-refractivity contribution < 1.29 is 9.18 Å². The number of fused-ring (bicyclic) bond motifs is 3. The molecule has 0 aliphatic carbocycles. The second-order valence-corrected chi connectivity index (χ2v) is 7.16. The number of anilines is 1. The summed E-state index contributed by atoms with van der Waals surface area (Å²) in [6, 6.07) is 17.5. The summed E-state index contributed by atoms with van der Waals surface area (Å²) in [5.74, 6) is -0.795. The smallest absolute Gasteiger partial charge is 0.255 e.